The Morgan fingerprint density at radius 2 is 1.60 bits per heavy atom. The van der Waals surface area contributed by atoms with Crippen LogP contribution >= 0.6 is 0 Å². The molecule has 0 saturated heterocycles. The van der Waals surface area contributed by atoms with Gasteiger partial charge in [0, 0.05) is 6.54 Å². The van der Waals surface area contributed by atoms with Crippen LogP contribution in [0.15, 0.2) is 54.6 Å². The summed E-state index contributed by atoms with van der Waals surface area (Å²) in [7, 11) is 0. The summed E-state index contributed by atoms with van der Waals surface area (Å²) in [4.78, 5) is 12.1. The Bertz CT molecular complexity index is 744. The zero-order valence-corrected chi connectivity index (χ0v) is 14.2. The summed E-state index contributed by atoms with van der Waals surface area (Å²) in [6, 6.07) is 20.2. The van der Waals surface area contributed by atoms with Gasteiger partial charge in [0.25, 0.3) is 0 Å². The highest BCUT2D eigenvalue weighted by atomic mass is 16.5. The van der Waals surface area contributed by atoms with E-state index in [1.54, 1.807) is 0 Å². The number of nitrogens with one attached hydrogen (secondary N) is 1. The molecular formula is C21H22N2O2. The Kier molecular flexibility index (Phi) is 5.47. The van der Waals surface area contributed by atoms with Crippen molar-refractivity contribution in [1.29, 1.82) is 5.26 Å². The molecular weight excluding hydrogens is 312 g/mol. The summed E-state index contributed by atoms with van der Waals surface area (Å²) in [6.07, 6.45) is 2.30. The van der Waals surface area contributed by atoms with Gasteiger partial charge in [-0.25, -0.2) is 0 Å². The average molecular weight is 334 g/mol. The first kappa shape index (κ1) is 17.2. The van der Waals surface area contributed by atoms with Crippen LogP contribution in [0.25, 0.3) is 0 Å². The number of carbonyl (C=O) groups excluding carboxylic acids is 1. The zero-order chi connectivity index (χ0) is 17.5. The summed E-state index contributed by atoms with van der Waals surface area (Å²) in [5.41, 5.74) is 2.49. The molecule has 2 aromatic rings. The summed E-state index contributed by atoms with van der Waals surface area (Å²) >= 11 is 0. The number of nitriles is 1. The fourth-order valence-corrected chi connectivity index (χ4v) is 2.89. The molecule has 128 valence electrons. The van der Waals surface area contributed by atoms with E-state index in [-0.39, 0.29) is 5.91 Å². The smallest absolute Gasteiger partial charge is 0.240 e. The van der Waals surface area contributed by atoms with E-state index in [0.717, 1.165) is 23.1 Å². The van der Waals surface area contributed by atoms with Gasteiger partial charge in [-0.15, -0.1) is 0 Å². The van der Waals surface area contributed by atoms with Crippen molar-refractivity contribution in [3.63, 3.8) is 0 Å². The van der Waals surface area contributed by atoms with Crippen molar-refractivity contribution in [2.45, 2.75) is 39.0 Å². The van der Waals surface area contributed by atoms with E-state index in [9.17, 15) is 10.1 Å². The fourth-order valence-electron chi connectivity index (χ4n) is 2.89. The van der Waals surface area contributed by atoms with Crippen LogP contribution in [-0.4, -0.2) is 5.91 Å². The highest BCUT2D eigenvalue weighted by Crippen LogP contribution is 2.40. The summed E-state index contributed by atoms with van der Waals surface area (Å²) < 4.78 is 5.72. The molecule has 0 heterocycles. The fraction of sp³-hybridized carbons (Fsp3) is 0.333. The molecule has 3 rings (SSSR count). The number of carbonyl (C=O) groups is 1. The van der Waals surface area contributed by atoms with Gasteiger partial charge in [-0.2, -0.15) is 5.26 Å². The van der Waals surface area contributed by atoms with Crippen LogP contribution < -0.4 is 5.32 Å². The number of benzene rings is 2. The van der Waals surface area contributed by atoms with Gasteiger partial charge in [-0.3, -0.25) is 4.79 Å². The van der Waals surface area contributed by atoms with Crippen LogP contribution in [-0.2, 0) is 29.3 Å². The molecule has 0 unspecified atom stereocenters. The number of ether oxygens (including phenoxy) is 1. The Labute approximate surface area is 148 Å². The molecule has 1 amide bonds. The van der Waals surface area contributed by atoms with Gasteiger partial charge >= 0.3 is 0 Å². The highest BCUT2D eigenvalue weighted by Gasteiger charge is 2.44. The molecule has 0 atom stereocenters. The normalized spacial score (nSPS) is 15.0. The van der Waals surface area contributed by atoms with Crippen LogP contribution in [0.5, 0.6) is 0 Å². The minimum atomic E-state index is -0.786. The molecule has 25 heavy (non-hydrogen) atoms. The molecule has 4 heteroatoms. The lowest BCUT2D eigenvalue weighted by Crippen LogP contribution is -2.44. The van der Waals surface area contributed by atoms with E-state index < -0.39 is 5.41 Å². The SMILES string of the molecule is N#CC1(C(=O)NCc2ccc(COCc3ccccc3)cc2)CCC1. The first-order valence-corrected chi connectivity index (χ1v) is 8.61. The molecule has 0 bridgehead atoms. The van der Waals surface area contributed by atoms with Crippen molar-refractivity contribution in [2.24, 2.45) is 5.41 Å². The molecule has 1 aliphatic rings. The largest absolute Gasteiger partial charge is 0.372 e. The molecule has 2 aromatic carbocycles. The van der Waals surface area contributed by atoms with Crippen LogP contribution in [0.3, 0.4) is 0 Å². The van der Waals surface area contributed by atoms with E-state index in [0.29, 0.717) is 32.6 Å². The third kappa shape index (κ3) is 4.26. The second kappa shape index (κ2) is 7.96. The number of hydrogen-bond donors (Lipinski definition) is 1. The first-order valence-electron chi connectivity index (χ1n) is 8.61. The van der Waals surface area contributed by atoms with Crippen molar-refractivity contribution in [1.82, 2.24) is 5.32 Å². The Morgan fingerprint density at radius 1 is 1.00 bits per heavy atom. The summed E-state index contributed by atoms with van der Waals surface area (Å²) in [5.74, 6) is -0.142. The minimum absolute atomic E-state index is 0.142. The molecule has 0 spiro atoms. The Balaban J connectivity index is 1.44. The molecule has 1 N–H and O–H groups in total. The van der Waals surface area contributed by atoms with Gasteiger partial charge in [-0.05, 0) is 36.0 Å². The standard InChI is InChI=1S/C21H22N2O2/c22-16-21(11-4-12-21)20(24)23-13-17-7-9-19(10-8-17)15-25-14-18-5-2-1-3-6-18/h1-3,5-10H,4,11-15H2,(H,23,24). The van der Waals surface area contributed by atoms with E-state index in [1.165, 1.54) is 0 Å². The minimum Gasteiger partial charge on any atom is -0.372 e. The van der Waals surface area contributed by atoms with Gasteiger partial charge in [0.05, 0.1) is 19.3 Å². The lowest BCUT2D eigenvalue weighted by molar-refractivity contribution is -0.131. The Morgan fingerprint density at radius 3 is 2.16 bits per heavy atom. The maximum atomic E-state index is 12.1. The quantitative estimate of drug-likeness (QED) is 0.839. The molecule has 1 aliphatic carbocycles. The van der Waals surface area contributed by atoms with Crippen LogP contribution in [0, 0.1) is 16.7 Å². The Hall–Kier alpha value is -2.64. The number of nitrogens with zero attached hydrogens (tertiary/aromatic N) is 1. The third-order valence-corrected chi connectivity index (χ3v) is 4.71. The molecule has 0 radical (unpaired) electrons. The number of amides is 1. The maximum absolute atomic E-state index is 12.1. The first-order chi connectivity index (χ1) is 12.2. The van der Waals surface area contributed by atoms with Gasteiger partial charge in [0.15, 0.2) is 0 Å². The van der Waals surface area contributed by atoms with E-state index in [1.807, 2.05) is 54.6 Å². The van der Waals surface area contributed by atoms with Crippen molar-refractivity contribution in [3.8, 4) is 6.07 Å². The summed E-state index contributed by atoms with van der Waals surface area (Å²) in [6.45, 7) is 1.60. The van der Waals surface area contributed by atoms with Crippen LogP contribution in [0.1, 0.15) is 36.0 Å². The van der Waals surface area contributed by atoms with Gasteiger partial charge in [-0.1, -0.05) is 54.6 Å². The van der Waals surface area contributed by atoms with Crippen molar-refractivity contribution in [2.75, 3.05) is 0 Å². The molecule has 0 aromatic heterocycles. The zero-order valence-electron chi connectivity index (χ0n) is 14.2. The second-order valence-electron chi connectivity index (χ2n) is 6.53. The highest BCUT2D eigenvalue weighted by molar-refractivity contribution is 5.86. The van der Waals surface area contributed by atoms with E-state index in [4.69, 9.17) is 4.74 Å². The predicted octanol–water partition coefficient (Wildman–Crippen LogP) is 3.71. The number of rotatable bonds is 7. The van der Waals surface area contributed by atoms with Crippen molar-refractivity contribution < 1.29 is 9.53 Å². The van der Waals surface area contributed by atoms with Gasteiger partial charge < -0.3 is 10.1 Å². The lowest BCUT2D eigenvalue weighted by atomic mass is 9.69. The predicted molar refractivity (Wildman–Crippen MR) is 95.1 cm³/mol. The lowest BCUT2D eigenvalue weighted by Gasteiger charge is -2.33. The molecule has 1 fully saturated rings. The molecule has 4 nitrogen and oxygen atoms in total. The van der Waals surface area contributed by atoms with Crippen LogP contribution in [0.4, 0.5) is 0 Å². The van der Waals surface area contributed by atoms with Crippen LogP contribution in [0.2, 0.25) is 0 Å². The van der Waals surface area contributed by atoms with Gasteiger partial charge in [0.1, 0.15) is 5.41 Å². The second-order valence-corrected chi connectivity index (χ2v) is 6.53. The third-order valence-electron chi connectivity index (χ3n) is 4.71. The average Bonchev–Trinajstić information content (AvgIpc) is 2.61. The molecule has 0 aliphatic heterocycles. The summed E-state index contributed by atoms with van der Waals surface area (Å²) in [5, 5.41) is 12.1. The molecule has 1 saturated carbocycles. The van der Waals surface area contributed by atoms with E-state index in [2.05, 4.69) is 11.4 Å². The van der Waals surface area contributed by atoms with Gasteiger partial charge in [0.2, 0.25) is 5.91 Å². The topological polar surface area (TPSA) is 62.1 Å². The van der Waals surface area contributed by atoms with E-state index >= 15 is 0 Å². The van der Waals surface area contributed by atoms with Crippen molar-refractivity contribution in [3.05, 3.63) is 71.3 Å². The maximum Gasteiger partial charge on any atom is 0.240 e. The monoisotopic (exact) mass is 334 g/mol. The van der Waals surface area contributed by atoms with Crippen molar-refractivity contribution >= 4 is 5.91 Å². The number of hydrogen-bond acceptors (Lipinski definition) is 3.